The number of rotatable bonds is 6. The smallest absolute Gasteiger partial charge is 0.0795 e. The molecule has 2 unspecified atom stereocenters. The molecular weight excluding hydrogens is 262 g/mol. The fraction of sp³-hybridized carbons (Fsp3) is 0.462. The van der Waals surface area contributed by atoms with Crippen molar-refractivity contribution in [3.63, 3.8) is 0 Å². The third-order valence-corrected chi connectivity index (χ3v) is 4.59. The Balaban J connectivity index is 1.94. The molecule has 98 valence electrons. The topological polar surface area (TPSA) is 28.2 Å². The predicted octanol–water partition coefficient (Wildman–Crippen LogP) is 3.16. The molecule has 2 aromatic rings. The molecule has 0 saturated carbocycles. The number of nitrogens with zero attached hydrogens (tertiary/aromatic N) is 2. The van der Waals surface area contributed by atoms with Gasteiger partial charge in [-0.15, -0.1) is 22.7 Å². The minimum absolute atomic E-state index is 0.304. The van der Waals surface area contributed by atoms with Gasteiger partial charge in [0.25, 0.3) is 0 Å². The van der Waals surface area contributed by atoms with E-state index in [1.54, 1.807) is 11.3 Å². The van der Waals surface area contributed by atoms with E-state index in [2.05, 4.69) is 59.1 Å². The SMILES string of the molecule is CC(NCC(c1cccs1)N(C)C)c1cscn1. The Kier molecular flexibility index (Phi) is 4.88. The third kappa shape index (κ3) is 3.38. The average molecular weight is 281 g/mol. The van der Waals surface area contributed by atoms with Crippen molar-refractivity contribution < 1.29 is 0 Å². The summed E-state index contributed by atoms with van der Waals surface area (Å²) in [6.07, 6.45) is 0. The number of hydrogen-bond donors (Lipinski definition) is 1. The molecule has 0 radical (unpaired) electrons. The summed E-state index contributed by atoms with van der Waals surface area (Å²) in [5.41, 5.74) is 3.01. The Morgan fingerprint density at radius 1 is 1.44 bits per heavy atom. The lowest BCUT2D eigenvalue weighted by molar-refractivity contribution is 0.285. The van der Waals surface area contributed by atoms with Crippen molar-refractivity contribution in [2.45, 2.75) is 19.0 Å². The second-order valence-corrected chi connectivity index (χ2v) is 6.24. The Morgan fingerprint density at radius 2 is 2.28 bits per heavy atom. The molecule has 1 N–H and O–H groups in total. The highest BCUT2D eigenvalue weighted by Gasteiger charge is 2.16. The Hall–Kier alpha value is -0.750. The molecule has 0 aliphatic rings. The molecule has 0 amide bonds. The Labute approximate surface area is 116 Å². The van der Waals surface area contributed by atoms with Crippen LogP contribution in [0.3, 0.4) is 0 Å². The van der Waals surface area contributed by atoms with Crippen LogP contribution in [0.5, 0.6) is 0 Å². The van der Waals surface area contributed by atoms with Crippen LogP contribution in [0.2, 0.25) is 0 Å². The van der Waals surface area contributed by atoms with Crippen molar-refractivity contribution in [2.75, 3.05) is 20.6 Å². The fourth-order valence-electron chi connectivity index (χ4n) is 1.85. The van der Waals surface area contributed by atoms with Gasteiger partial charge in [0.05, 0.1) is 17.2 Å². The Morgan fingerprint density at radius 3 is 2.83 bits per heavy atom. The first-order chi connectivity index (χ1) is 8.68. The van der Waals surface area contributed by atoms with E-state index in [9.17, 15) is 0 Å². The van der Waals surface area contributed by atoms with E-state index in [-0.39, 0.29) is 0 Å². The van der Waals surface area contributed by atoms with E-state index >= 15 is 0 Å². The molecule has 0 spiro atoms. The van der Waals surface area contributed by atoms with Crippen LogP contribution in [0, 0.1) is 0 Å². The van der Waals surface area contributed by atoms with Crippen LogP contribution in [0.15, 0.2) is 28.4 Å². The van der Waals surface area contributed by atoms with Gasteiger partial charge in [-0.2, -0.15) is 0 Å². The van der Waals surface area contributed by atoms with Gasteiger partial charge in [0.15, 0.2) is 0 Å². The molecule has 2 aromatic heterocycles. The van der Waals surface area contributed by atoms with Crippen molar-refractivity contribution in [2.24, 2.45) is 0 Å². The number of thiazole rings is 1. The van der Waals surface area contributed by atoms with Gasteiger partial charge in [0, 0.05) is 22.8 Å². The minimum atomic E-state index is 0.304. The molecule has 0 fully saturated rings. The first-order valence-corrected chi connectivity index (χ1v) is 7.82. The summed E-state index contributed by atoms with van der Waals surface area (Å²) in [6, 6.07) is 5.04. The molecule has 0 aromatic carbocycles. The fourth-order valence-corrected chi connectivity index (χ4v) is 3.42. The highest BCUT2D eigenvalue weighted by atomic mass is 32.1. The maximum atomic E-state index is 4.35. The summed E-state index contributed by atoms with van der Waals surface area (Å²) in [7, 11) is 4.25. The molecule has 0 aliphatic carbocycles. The summed E-state index contributed by atoms with van der Waals surface area (Å²) >= 11 is 3.46. The molecular formula is C13H19N3S2. The summed E-state index contributed by atoms with van der Waals surface area (Å²) in [4.78, 5) is 8.00. The second kappa shape index (κ2) is 6.43. The van der Waals surface area contributed by atoms with Gasteiger partial charge >= 0.3 is 0 Å². The van der Waals surface area contributed by atoms with Crippen molar-refractivity contribution in [3.8, 4) is 0 Å². The Bertz CT molecular complexity index is 437. The van der Waals surface area contributed by atoms with E-state index in [1.165, 1.54) is 4.88 Å². The summed E-state index contributed by atoms with van der Waals surface area (Å²) in [5.74, 6) is 0. The summed E-state index contributed by atoms with van der Waals surface area (Å²) < 4.78 is 0. The van der Waals surface area contributed by atoms with Gasteiger partial charge < -0.3 is 10.2 Å². The first kappa shape index (κ1) is 13.7. The van der Waals surface area contributed by atoms with E-state index in [4.69, 9.17) is 0 Å². The zero-order valence-electron chi connectivity index (χ0n) is 11.0. The van der Waals surface area contributed by atoms with Gasteiger partial charge in [0.2, 0.25) is 0 Å². The monoisotopic (exact) mass is 281 g/mol. The van der Waals surface area contributed by atoms with Crippen LogP contribution in [-0.2, 0) is 0 Å². The predicted molar refractivity (Wildman–Crippen MR) is 79.3 cm³/mol. The number of thiophene rings is 1. The average Bonchev–Trinajstić information content (AvgIpc) is 3.01. The number of aromatic nitrogens is 1. The minimum Gasteiger partial charge on any atom is -0.307 e. The van der Waals surface area contributed by atoms with Crippen molar-refractivity contribution in [3.05, 3.63) is 39.0 Å². The van der Waals surface area contributed by atoms with Crippen molar-refractivity contribution >= 4 is 22.7 Å². The zero-order valence-corrected chi connectivity index (χ0v) is 12.6. The van der Waals surface area contributed by atoms with Gasteiger partial charge in [-0.3, -0.25) is 0 Å². The normalized spacial score (nSPS) is 14.9. The lowest BCUT2D eigenvalue weighted by Crippen LogP contribution is -2.32. The summed E-state index contributed by atoms with van der Waals surface area (Å²) in [5, 5.41) is 7.80. The zero-order chi connectivity index (χ0) is 13.0. The maximum Gasteiger partial charge on any atom is 0.0795 e. The number of nitrogens with one attached hydrogen (secondary N) is 1. The molecule has 18 heavy (non-hydrogen) atoms. The van der Waals surface area contributed by atoms with Crippen LogP contribution in [0.25, 0.3) is 0 Å². The molecule has 0 saturated heterocycles. The lowest BCUT2D eigenvalue weighted by Gasteiger charge is -2.25. The van der Waals surface area contributed by atoms with Gasteiger partial charge in [-0.25, -0.2) is 4.98 Å². The molecule has 2 atom stereocenters. The van der Waals surface area contributed by atoms with Crippen LogP contribution in [0.4, 0.5) is 0 Å². The van der Waals surface area contributed by atoms with E-state index < -0.39 is 0 Å². The van der Waals surface area contributed by atoms with E-state index in [0.29, 0.717) is 12.1 Å². The van der Waals surface area contributed by atoms with Crippen LogP contribution >= 0.6 is 22.7 Å². The molecule has 3 nitrogen and oxygen atoms in total. The van der Waals surface area contributed by atoms with Gasteiger partial charge in [0.1, 0.15) is 0 Å². The standard InChI is InChI=1S/C13H19N3S2/c1-10(11-8-17-9-15-11)14-7-12(16(2)3)13-5-4-6-18-13/h4-6,8-10,12,14H,7H2,1-3H3. The molecule has 0 bridgehead atoms. The van der Waals surface area contributed by atoms with Crippen molar-refractivity contribution in [1.82, 2.24) is 15.2 Å². The molecule has 0 aliphatic heterocycles. The maximum absolute atomic E-state index is 4.35. The largest absolute Gasteiger partial charge is 0.307 e. The number of likely N-dealkylation sites (N-methyl/N-ethyl adjacent to an activating group) is 1. The highest BCUT2D eigenvalue weighted by Crippen LogP contribution is 2.23. The van der Waals surface area contributed by atoms with Gasteiger partial charge in [-0.1, -0.05) is 6.07 Å². The summed E-state index contributed by atoms with van der Waals surface area (Å²) in [6.45, 7) is 3.10. The van der Waals surface area contributed by atoms with Crippen molar-refractivity contribution in [1.29, 1.82) is 0 Å². The van der Waals surface area contributed by atoms with E-state index in [0.717, 1.165) is 12.2 Å². The highest BCUT2D eigenvalue weighted by molar-refractivity contribution is 7.10. The molecule has 2 heterocycles. The number of hydrogen-bond acceptors (Lipinski definition) is 5. The van der Waals surface area contributed by atoms with E-state index in [1.807, 2.05) is 16.8 Å². The quantitative estimate of drug-likeness (QED) is 0.881. The van der Waals surface area contributed by atoms with Crippen LogP contribution < -0.4 is 5.32 Å². The van der Waals surface area contributed by atoms with Crippen LogP contribution in [0.1, 0.15) is 29.6 Å². The van der Waals surface area contributed by atoms with Crippen LogP contribution in [-0.4, -0.2) is 30.5 Å². The lowest BCUT2D eigenvalue weighted by atomic mass is 10.2. The molecule has 2 rings (SSSR count). The second-order valence-electron chi connectivity index (χ2n) is 4.54. The third-order valence-electron chi connectivity index (χ3n) is 3.01. The molecule has 5 heteroatoms. The van der Waals surface area contributed by atoms with Gasteiger partial charge in [-0.05, 0) is 32.5 Å². The first-order valence-electron chi connectivity index (χ1n) is 5.99.